The Morgan fingerprint density at radius 3 is 2.72 bits per heavy atom. The first kappa shape index (κ1) is 20.2. The predicted octanol–water partition coefficient (Wildman–Crippen LogP) is 4.09. The molecular weight excluding hydrogens is 381 g/mol. The van der Waals surface area contributed by atoms with Crippen LogP contribution in [0.25, 0.3) is 10.9 Å². The third-order valence-electron chi connectivity index (χ3n) is 4.70. The summed E-state index contributed by atoms with van der Waals surface area (Å²) in [6, 6.07) is 7.91. The maximum absolute atomic E-state index is 12.7. The van der Waals surface area contributed by atoms with Gasteiger partial charge in [0.15, 0.2) is 0 Å². The molecule has 0 bridgehead atoms. The zero-order chi connectivity index (χ0) is 15.8. The topological polar surface area (TPSA) is 54.0 Å². The highest BCUT2D eigenvalue weighted by atomic mass is 35.5. The summed E-state index contributed by atoms with van der Waals surface area (Å²) in [6.07, 6.45) is 4.63. The van der Waals surface area contributed by atoms with Crippen LogP contribution < -0.4 is 10.6 Å². The molecular formula is C18H22Cl3N3O. The van der Waals surface area contributed by atoms with E-state index in [9.17, 15) is 4.79 Å². The van der Waals surface area contributed by atoms with Gasteiger partial charge in [0.05, 0.1) is 11.1 Å². The number of amides is 1. The molecule has 1 saturated carbocycles. The van der Waals surface area contributed by atoms with E-state index in [2.05, 4.69) is 10.6 Å². The Hall–Kier alpha value is -1.07. The number of nitrogens with one attached hydrogen (secondary N) is 2. The van der Waals surface area contributed by atoms with Gasteiger partial charge in [-0.25, -0.2) is 0 Å². The van der Waals surface area contributed by atoms with Crippen molar-refractivity contribution in [2.75, 3.05) is 13.1 Å². The zero-order valence-electron chi connectivity index (χ0n) is 13.8. The van der Waals surface area contributed by atoms with Crippen LogP contribution >= 0.6 is 36.4 Å². The molecule has 2 heterocycles. The van der Waals surface area contributed by atoms with Gasteiger partial charge in [0.2, 0.25) is 0 Å². The predicted molar refractivity (Wildman–Crippen MR) is 107 cm³/mol. The van der Waals surface area contributed by atoms with Gasteiger partial charge in [-0.2, -0.15) is 0 Å². The first-order valence-electron chi connectivity index (χ1n) is 8.32. The summed E-state index contributed by atoms with van der Waals surface area (Å²) >= 11 is 6.12. The second-order valence-corrected chi connectivity index (χ2v) is 6.97. The zero-order valence-corrected chi connectivity index (χ0v) is 16.1. The molecule has 2 aromatic rings. The molecule has 1 aromatic heterocycles. The van der Waals surface area contributed by atoms with Crippen molar-refractivity contribution < 1.29 is 4.79 Å². The summed E-state index contributed by atoms with van der Waals surface area (Å²) in [5.74, 6) is 0.480. The smallest absolute Gasteiger partial charge is 0.252 e. The summed E-state index contributed by atoms with van der Waals surface area (Å²) in [5, 5.41) is 7.93. The molecule has 1 aliphatic heterocycles. The van der Waals surface area contributed by atoms with Crippen LogP contribution in [-0.4, -0.2) is 30.0 Å². The molecule has 1 amide bonds. The van der Waals surface area contributed by atoms with E-state index >= 15 is 0 Å². The molecule has 4 rings (SSSR count). The Labute approximate surface area is 164 Å². The summed E-state index contributed by atoms with van der Waals surface area (Å²) in [4.78, 5) is 17.4. The van der Waals surface area contributed by atoms with Crippen LogP contribution in [0.1, 0.15) is 47.7 Å². The lowest BCUT2D eigenvalue weighted by atomic mass is 10.0. The average molecular weight is 403 g/mol. The van der Waals surface area contributed by atoms with Crippen molar-refractivity contribution >= 4 is 53.2 Å². The Kier molecular flexibility index (Phi) is 6.92. The first-order valence-corrected chi connectivity index (χ1v) is 8.70. The minimum Gasteiger partial charge on any atom is -0.350 e. The van der Waals surface area contributed by atoms with Crippen molar-refractivity contribution in [1.29, 1.82) is 0 Å². The number of nitrogens with zero attached hydrogens (tertiary/aromatic N) is 1. The SMILES string of the molecule is Cl.Cl.O=C(NCC1CCCN1)c1cc(C2CC2)nc2ccc(Cl)cc12. The largest absolute Gasteiger partial charge is 0.350 e. The third-order valence-corrected chi connectivity index (χ3v) is 4.94. The molecule has 2 aliphatic rings. The van der Waals surface area contributed by atoms with Crippen molar-refractivity contribution in [3.8, 4) is 0 Å². The number of halogens is 3. The van der Waals surface area contributed by atoms with Gasteiger partial charge in [0.25, 0.3) is 5.91 Å². The summed E-state index contributed by atoms with van der Waals surface area (Å²) in [7, 11) is 0. The molecule has 0 radical (unpaired) electrons. The number of rotatable bonds is 4. The number of pyridine rings is 1. The fourth-order valence-electron chi connectivity index (χ4n) is 3.24. The lowest BCUT2D eigenvalue weighted by molar-refractivity contribution is 0.0952. The van der Waals surface area contributed by atoms with E-state index in [0.717, 1.165) is 29.6 Å². The molecule has 136 valence electrons. The molecule has 0 spiro atoms. The third kappa shape index (κ3) is 4.56. The summed E-state index contributed by atoms with van der Waals surface area (Å²) in [6.45, 7) is 1.71. The van der Waals surface area contributed by atoms with Crippen LogP contribution in [0.5, 0.6) is 0 Å². The quantitative estimate of drug-likeness (QED) is 0.810. The van der Waals surface area contributed by atoms with Gasteiger partial charge in [-0.1, -0.05) is 11.6 Å². The van der Waals surface area contributed by atoms with Gasteiger partial charge >= 0.3 is 0 Å². The van der Waals surface area contributed by atoms with E-state index < -0.39 is 0 Å². The minimum absolute atomic E-state index is 0. The van der Waals surface area contributed by atoms with Crippen LogP contribution in [0.2, 0.25) is 5.02 Å². The second-order valence-electron chi connectivity index (χ2n) is 6.53. The maximum Gasteiger partial charge on any atom is 0.252 e. The number of hydrogen-bond acceptors (Lipinski definition) is 3. The van der Waals surface area contributed by atoms with Crippen LogP contribution in [0.15, 0.2) is 24.3 Å². The monoisotopic (exact) mass is 401 g/mol. The number of benzene rings is 1. The molecule has 7 heteroatoms. The van der Waals surface area contributed by atoms with Gasteiger partial charge in [-0.05, 0) is 56.5 Å². The van der Waals surface area contributed by atoms with Crippen LogP contribution in [0.4, 0.5) is 0 Å². The Bertz CT molecular complexity index is 759. The van der Waals surface area contributed by atoms with Gasteiger partial charge in [0.1, 0.15) is 0 Å². The van der Waals surface area contributed by atoms with Crippen molar-refractivity contribution in [3.63, 3.8) is 0 Å². The van der Waals surface area contributed by atoms with E-state index in [1.807, 2.05) is 24.3 Å². The number of hydrogen-bond donors (Lipinski definition) is 2. The molecule has 25 heavy (non-hydrogen) atoms. The molecule has 1 aromatic carbocycles. The van der Waals surface area contributed by atoms with Crippen molar-refractivity contribution in [2.24, 2.45) is 0 Å². The van der Waals surface area contributed by atoms with Gasteiger partial charge < -0.3 is 10.6 Å². The average Bonchev–Trinajstić information content (AvgIpc) is 3.28. The number of aromatic nitrogens is 1. The van der Waals surface area contributed by atoms with E-state index in [1.165, 1.54) is 19.3 Å². The van der Waals surface area contributed by atoms with Gasteiger partial charge in [-0.15, -0.1) is 24.8 Å². The van der Waals surface area contributed by atoms with E-state index in [-0.39, 0.29) is 30.7 Å². The molecule has 2 N–H and O–H groups in total. The molecule has 2 fully saturated rings. The fourth-order valence-corrected chi connectivity index (χ4v) is 3.41. The standard InChI is InChI=1S/C18H20ClN3O.2ClH/c19-12-5-6-16-14(8-12)15(9-17(22-16)11-3-4-11)18(23)21-10-13-2-1-7-20-13;;/h5-6,8-9,11,13,20H,1-4,7,10H2,(H,21,23);2*1H. The molecule has 1 unspecified atom stereocenters. The summed E-state index contributed by atoms with van der Waals surface area (Å²) < 4.78 is 0. The molecule has 1 atom stereocenters. The van der Waals surface area contributed by atoms with Crippen LogP contribution in [0.3, 0.4) is 0 Å². The lowest BCUT2D eigenvalue weighted by Crippen LogP contribution is -2.37. The van der Waals surface area contributed by atoms with E-state index in [1.54, 1.807) is 0 Å². The van der Waals surface area contributed by atoms with Crippen LogP contribution in [0, 0.1) is 0 Å². The summed E-state index contributed by atoms with van der Waals surface area (Å²) in [5.41, 5.74) is 2.57. The highest BCUT2D eigenvalue weighted by Gasteiger charge is 2.27. The Morgan fingerprint density at radius 2 is 2.04 bits per heavy atom. The lowest BCUT2D eigenvalue weighted by Gasteiger charge is -2.13. The van der Waals surface area contributed by atoms with E-state index in [4.69, 9.17) is 16.6 Å². The Morgan fingerprint density at radius 1 is 1.24 bits per heavy atom. The number of carbonyl (C=O) groups excluding carboxylic acids is 1. The second kappa shape index (κ2) is 8.54. The normalized spacial score (nSPS) is 19.2. The number of carbonyl (C=O) groups is 1. The van der Waals surface area contributed by atoms with Gasteiger partial charge in [0, 0.05) is 34.6 Å². The number of fused-ring (bicyclic) bond motifs is 1. The fraction of sp³-hybridized carbons (Fsp3) is 0.444. The highest BCUT2D eigenvalue weighted by molar-refractivity contribution is 6.31. The van der Waals surface area contributed by atoms with Crippen molar-refractivity contribution in [1.82, 2.24) is 15.6 Å². The molecule has 4 nitrogen and oxygen atoms in total. The van der Waals surface area contributed by atoms with Gasteiger partial charge in [-0.3, -0.25) is 9.78 Å². The first-order chi connectivity index (χ1) is 11.2. The van der Waals surface area contributed by atoms with Crippen molar-refractivity contribution in [2.45, 2.75) is 37.6 Å². The van der Waals surface area contributed by atoms with Crippen molar-refractivity contribution in [3.05, 3.63) is 40.5 Å². The highest BCUT2D eigenvalue weighted by Crippen LogP contribution is 2.40. The Balaban J connectivity index is 0.00000113. The minimum atomic E-state index is -0.0322. The van der Waals surface area contributed by atoms with Crippen LogP contribution in [-0.2, 0) is 0 Å². The maximum atomic E-state index is 12.7. The van der Waals surface area contributed by atoms with E-state index in [0.29, 0.717) is 29.1 Å². The molecule has 1 aliphatic carbocycles. The molecule has 1 saturated heterocycles.